The maximum absolute atomic E-state index is 11.8. The van der Waals surface area contributed by atoms with Crippen molar-refractivity contribution in [1.82, 2.24) is 4.72 Å². The van der Waals surface area contributed by atoms with Gasteiger partial charge in [0.05, 0.1) is 5.75 Å². The van der Waals surface area contributed by atoms with Gasteiger partial charge in [-0.15, -0.1) is 0 Å². The van der Waals surface area contributed by atoms with Crippen molar-refractivity contribution in [3.8, 4) is 0 Å². The summed E-state index contributed by atoms with van der Waals surface area (Å²) in [5.74, 6) is -0.565. The van der Waals surface area contributed by atoms with Crippen LogP contribution < -0.4 is 4.72 Å². The van der Waals surface area contributed by atoms with Crippen LogP contribution >= 0.6 is 0 Å². The SMILES string of the molecule is CC(C)CCS(=O)(=O)NCc1cccc(C=CC(=O)O)c1. The van der Waals surface area contributed by atoms with Gasteiger partial charge in [-0.2, -0.15) is 0 Å². The number of carboxylic acid groups (broad SMARTS) is 1. The molecule has 5 nitrogen and oxygen atoms in total. The molecule has 0 aliphatic carbocycles. The van der Waals surface area contributed by atoms with Crippen LogP contribution in [-0.4, -0.2) is 25.2 Å². The van der Waals surface area contributed by atoms with Crippen molar-refractivity contribution in [2.45, 2.75) is 26.8 Å². The van der Waals surface area contributed by atoms with E-state index in [4.69, 9.17) is 5.11 Å². The fourth-order valence-corrected chi connectivity index (χ4v) is 2.94. The quantitative estimate of drug-likeness (QED) is 0.721. The topological polar surface area (TPSA) is 83.5 Å². The summed E-state index contributed by atoms with van der Waals surface area (Å²) >= 11 is 0. The zero-order chi connectivity index (χ0) is 15.9. The van der Waals surface area contributed by atoms with Gasteiger partial charge in [0.25, 0.3) is 0 Å². The standard InChI is InChI=1S/C15H21NO4S/c1-12(2)8-9-21(19,20)16-11-14-5-3-4-13(10-14)6-7-15(17)18/h3-7,10,12,16H,8-9,11H2,1-2H3,(H,17,18). The molecular formula is C15H21NO4S. The molecule has 0 fully saturated rings. The van der Waals surface area contributed by atoms with Gasteiger partial charge in [0.2, 0.25) is 10.0 Å². The minimum Gasteiger partial charge on any atom is -0.478 e. The van der Waals surface area contributed by atoms with Crippen molar-refractivity contribution < 1.29 is 18.3 Å². The Morgan fingerprint density at radius 3 is 2.71 bits per heavy atom. The molecule has 0 aromatic heterocycles. The number of aliphatic carboxylic acids is 1. The van der Waals surface area contributed by atoms with Crippen LogP contribution in [-0.2, 0) is 21.4 Å². The molecule has 0 saturated heterocycles. The molecule has 1 aromatic rings. The van der Waals surface area contributed by atoms with E-state index in [-0.39, 0.29) is 12.3 Å². The first kappa shape index (κ1) is 17.4. The highest BCUT2D eigenvalue weighted by Gasteiger charge is 2.10. The summed E-state index contributed by atoms with van der Waals surface area (Å²) in [5, 5.41) is 8.58. The number of carbonyl (C=O) groups is 1. The van der Waals surface area contributed by atoms with Gasteiger partial charge in [0.1, 0.15) is 0 Å². The van der Waals surface area contributed by atoms with Gasteiger partial charge < -0.3 is 5.11 Å². The maximum atomic E-state index is 11.8. The summed E-state index contributed by atoms with van der Waals surface area (Å²) in [6.07, 6.45) is 3.14. The molecule has 1 aromatic carbocycles. The lowest BCUT2D eigenvalue weighted by molar-refractivity contribution is -0.131. The van der Waals surface area contributed by atoms with Crippen molar-refractivity contribution >= 4 is 22.1 Å². The first-order valence-electron chi connectivity index (χ1n) is 6.76. The molecule has 0 heterocycles. The Hall–Kier alpha value is -1.66. The lowest BCUT2D eigenvalue weighted by Crippen LogP contribution is -2.26. The number of carboxylic acids is 1. The van der Waals surface area contributed by atoms with E-state index in [1.165, 1.54) is 6.08 Å². The van der Waals surface area contributed by atoms with E-state index >= 15 is 0 Å². The third-order valence-electron chi connectivity index (χ3n) is 2.83. The Morgan fingerprint density at radius 1 is 1.38 bits per heavy atom. The van der Waals surface area contributed by atoms with Gasteiger partial charge in [-0.1, -0.05) is 38.1 Å². The first-order chi connectivity index (χ1) is 9.78. The van der Waals surface area contributed by atoms with Crippen LogP contribution in [0.25, 0.3) is 6.08 Å². The van der Waals surface area contributed by atoms with Gasteiger partial charge in [-0.3, -0.25) is 0 Å². The van der Waals surface area contributed by atoms with Crippen LogP contribution in [0, 0.1) is 5.92 Å². The van der Waals surface area contributed by atoms with E-state index in [2.05, 4.69) is 4.72 Å². The molecule has 0 spiro atoms. The van der Waals surface area contributed by atoms with E-state index in [0.717, 1.165) is 17.2 Å². The molecule has 1 rings (SSSR count). The molecule has 0 saturated carbocycles. The van der Waals surface area contributed by atoms with Crippen LogP contribution in [0.1, 0.15) is 31.4 Å². The van der Waals surface area contributed by atoms with E-state index in [1.807, 2.05) is 13.8 Å². The van der Waals surface area contributed by atoms with Gasteiger partial charge in [-0.25, -0.2) is 17.9 Å². The number of hydrogen-bond donors (Lipinski definition) is 2. The lowest BCUT2D eigenvalue weighted by atomic mass is 10.1. The lowest BCUT2D eigenvalue weighted by Gasteiger charge is -2.08. The molecule has 6 heteroatoms. The highest BCUT2D eigenvalue weighted by Crippen LogP contribution is 2.08. The summed E-state index contributed by atoms with van der Waals surface area (Å²) < 4.78 is 26.2. The van der Waals surface area contributed by atoms with Crippen LogP contribution in [0.5, 0.6) is 0 Å². The van der Waals surface area contributed by atoms with Gasteiger partial charge in [0.15, 0.2) is 0 Å². The number of benzene rings is 1. The Bertz CT molecular complexity index is 606. The Balaban J connectivity index is 2.63. The summed E-state index contributed by atoms with van der Waals surface area (Å²) in [6, 6.07) is 7.07. The third kappa shape index (κ3) is 7.63. The molecule has 0 atom stereocenters. The number of rotatable bonds is 8. The van der Waals surface area contributed by atoms with Crippen LogP contribution in [0.4, 0.5) is 0 Å². The molecular weight excluding hydrogens is 290 g/mol. The monoisotopic (exact) mass is 311 g/mol. The fraction of sp³-hybridized carbons (Fsp3) is 0.400. The van der Waals surface area contributed by atoms with E-state index in [0.29, 0.717) is 12.3 Å². The van der Waals surface area contributed by atoms with E-state index < -0.39 is 16.0 Å². The number of nitrogens with one attached hydrogen (secondary N) is 1. The highest BCUT2D eigenvalue weighted by atomic mass is 32.2. The molecule has 0 unspecified atom stereocenters. The third-order valence-corrected chi connectivity index (χ3v) is 4.19. The van der Waals surface area contributed by atoms with E-state index in [9.17, 15) is 13.2 Å². The van der Waals surface area contributed by atoms with Crippen LogP contribution in [0.3, 0.4) is 0 Å². The van der Waals surface area contributed by atoms with Gasteiger partial charge >= 0.3 is 5.97 Å². The van der Waals surface area contributed by atoms with Crippen LogP contribution in [0.15, 0.2) is 30.3 Å². The van der Waals surface area contributed by atoms with Crippen molar-refractivity contribution in [1.29, 1.82) is 0 Å². The highest BCUT2D eigenvalue weighted by molar-refractivity contribution is 7.89. The normalized spacial score (nSPS) is 12.1. The van der Waals surface area contributed by atoms with E-state index in [1.54, 1.807) is 24.3 Å². The Kier molecular flexibility index (Phi) is 6.58. The zero-order valence-electron chi connectivity index (χ0n) is 12.2. The maximum Gasteiger partial charge on any atom is 0.328 e. The second kappa shape index (κ2) is 7.95. The van der Waals surface area contributed by atoms with Crippen molar-refractivity contribution in [2.75, 3.05) is 5.75 Å². The molecule has 0 bridgehead atoms. The fourth-order valence-electron chi connectivity index (χ4n) is 1.63. The predicted molar refractivity (Wildman–Crippen MR) is 83.2 cm³/mol. The molecule has 21 heavy (non-hydrogen) atoms. The number of sulfonamides is 1. The second-order valence-electron chi connectivity index (χ2n) is 5.24. The first-order valence-corrected chi connectivity index (χ1v) is 8.41. The van der Waals surface area contributed by atoms with Crippen molar-refractivity contribution in [2.24, 2.45) is 5.92 Å². The average Bonchev–Trinajstić information content (AvgIpc) is 2.42. The average molecular weight is 311 g/mol. The summed E-state index contributed by atoms with van der Waals surface area (Å²) in [7, 11) is -3.28. The molecule has 0 amide bonds. The zero-order valence-corrected chi connectivity index (χ0v) is 13.1. The largest absolute Gasteiger partial charge is 0.478 e. The number of hydrogen-bond acceptors (Lipinski definition) is 3. The predicted octanol–water partition coefficient (Wildman–Crippen LogP) is 2.25. The smallest absolute Gasteiger partial charge is 0.328 e. The minimum absolute atomic E-state index is 0.114. The Labute approximate surface area is 125 Å². The minimum atomic E-state index is -3.28. The molecule has 0 aliphatic rings. The summed E-state index contributed by atoms with van der Waals surface area (Å²) in [4.78, 5) is 10.5. The summed E-state index contributed by atoms with van der Waals surface area (Å²) in [6.45, 7) is 4.16. The molecule has 2 N–H and O–H groups in total. The summed E-state index contributed by atoms with van der Waals surface area (Å²) in [5.41, 5.74) is 1.51. The molecule has 0 aliphatic heterocycles. The van der Waals surface area contributed by atoms with Gasteiger partial charge in [0, 0.05) is 12.6 Å². The van der Waals surface area contributed by atoms with Crippen LogP contribution in [0.2, 0.25) is 0 Å². The molecule has 116 valence electrons. The second-order valence-corrected chi connectivity index (χ2v) is 7.17. The van der Waals surface area contributed by atoms with Crippen molar-refractivity contribution in [3.63, 3.8) is 0 Å². The molecule has 0 radical (unpaired) electrons. The van der Waals surface area contributed by atoms with Gasteiger partial charge in [-0.05, 0) is 29.5 Å². The van der Waals surface area contributed by atoms with Crippen molar-refractivity contribution in [3.05, 3.63) is 41.5 Å². The Morgan fingerprint density at radius 2 is 2.10 bits per heavy atom.